The molecular weight excluding hydrogens is 487 g/mol. The first-order valence-corrected chi connectivity index (χ1v) is 11.9. The molecule has 1 unspecified atom stereocenters. The van der Waals surface area contributed by atoms with E-state index < -0.39 is 23.5 Å². The second-order valence-corrected chi connectivity index (χ2v) is 8.96. The number of hydrogen-bond acceptors (Lipinski definition) is 5. The molecule has 11 heteroatoms. The number of aromatic nitrogens is 2. The SMILES string of the molecule is CN1CCCC1CCNC(=O)c1[nH]cnc1C(=O)Nc1ccc(NC(=O)c2ccc(F)cc2Cl)cc1. The van der Waals surface area contributed by atoms with Crippen LogP contribution in [-0.2, 0) is 0 Å². The lowest BCUT2D eigenvalue weighted by Gasteiger charge is -2.19. The van der Waals surface area contributed by atoms with Gasteiger partial charge >= 0.3 is 0 Å². The number of aromatic amines is 1. The van der Waals surface area contributed by atoms with Gasteiger partial charge in [-0.05, 0) is 75.3 Å². The molecule has 0 aliphatic carbocycles. The first-order valence-electron chi connectivity index (χ1n) is 11.5. The van der Waals surface area contributed by atoms with Crippen molar-refractivity contribution in [2.24, 2.45) is 0 Å². The average Bonchev–Trinajstić information content (AvgIpc) is 3.49. The molecule has 188 valence electrons. The summed E-state index contributed by atoms with van der Waals surface area (Å²) in [5.74, 6) is -1.97. The second kappa shape index (κ2) is 11.3. The van der Waals surface area contributed by atoms with Gasteiger partial charge in [-0.3, -0.25) is 14.4 Å². The maximum Gasteiger partial charge on any atom is 0.276 e. The Bertz CT molecular complexity index is 1260. The van der Waals surface area contributed by atoms with E-state index in [1.54, 1.807) is 24.3 Å². The Kier molecular flexibility index (Phi) is 7.97. The molecule has 1 aliphatic heterocycles. The smallest absolute Gasteiger partial charge is 0.276 e. The predicted molar refractivity (Wildman–Crippen MR) is 135 cm³/mol. The Hall–Kier alpha value is -3.76. The fourth-order valence-corrected chi connectivity index (χ4v) is 4.38. The van der Waals surface area contributed by atoms with Crippen molar-refractivity contribution in [1.29, 1.82) is 0 Å². The summed E-state index contributed by atoms with van der Waals surface area (Å²) < 4.78 is 13.2. The van der Waals surface area contributed by atoms with Gasteiger partial charge in [-0.2, -0.15) is 0 Å². The highest BCUT2D eigenvalue weighted by Crippen LogP contribution is 2.21. The summed E-state index contributed by atoms with van der Waals surface area (Å²) >= 11 is 5.93. The van der Waals surface area contributed by atoms with Crippen LogP contribution < -0.4 is 16.0 Å². The van der Waals surface area contributed by atoms with E-state index in [4.69, 9.17) is 11.6 Å². The molecule has 0 radical (unpaired) electrons. The van der Waals surface area contributed by atoms with Gasteiger partial charge in [-0.1, -0.05) is 11.6 Å². The zero-order valence-electron chi connectivity index (χ0n) is 19.6. The van der Waals surface area contributed by atoms with Crippen molar-refractivity contribution in [3.05, 3.63) is 76.6 Å². The zero-order valence-corrected chi connectivity index (χ0v) is 20.4. The van der Waals surface area contributed by atoms with Crippen LogP contribution in [0, 0.1) is 5.82 Å². The van der Waals surface area contributed by atoms with Crippen LogP contribution in [0.25, 0.3) is 0 Å². The number of amides is 3. The molecule has 1 fully saturated rings. The van der Waals surface area contributed by atoms with Gasteiger partial charge in [-0.25, -0.2) is 9.37 Å². The number of carbonyl (C=O) groups excluding carboxylic acids is 3. The molecule has 4 N–H and O–H groups in total. The van der Waals surface area contributed by atoms with Crippen LogP contribution in [0.2, 0.25) is 5.02 Å². The van der Waals surface area contributed by atoms with Crippen LogP contribution in [-0.4, -0.2) is 58.8 Å². The molecule has 4 rings (SSSR count). The number of rotatable bonds is 8. The quantitative estimate of drug-likeness (QED) is 0.365. The summed E-state index contributed by atoms with van der Waals surface area (Å²) in [5, 5.41) is 8.20. The topological polar surface area (TPSA) is 119 Å². The standard InChI is InChI=1S/C25H26ClFN6O3/c1-33-12-2-3-18(33)10-11-28-24(35)21-22(30-14-29-21)25(36)32-17-7-5-16(6-8-17)31-23(34)19-9-4-15(27)13-20(19)26/h4-9,13-14,18H,2-3,10-12H2,1H3,(H,28,35)(H,29,30)(H,31,34)(H,32,36). The minimum atomic E-state index is -0.549. The van der Waals surface area contributed by atoms with Crippen molar-refractivity contribution >= 4 is 40.7 Å². The Morgan fingerprint density at radius 2 is 1.78 bits per heavy atom. The normalized spacial score (nSPS) is 15.5. The van der Waals surface area contributed by atoms with E-state index in [0.29, 0.717) is 24.0 Å². The first-order chi connectivity index (χ1) is 17.3. The van der Waals surface area contributed by atoms with Gasteiger partial charge in [0.1, 0.15) is 11.5 Å². The number of likely N-dealkylation sites (tertiary alicyclic amines) is 1. The molecule has 0 bridgehead atoms. The molecular formula is C25H26ClFN6O3. The fourth-order valence-electron chi connectivity index (χ4n) is 4.12. The highest BCUT2D eigenvalue weighted by atomic mass is 35.5. The van der Waals surface area contributed by atoms with Gasteiger partial charge in [0.15, 0.2) is 5.69 Å². The molecule has 3 amide bonds. The van der Waals surface area contributed by atoms with E-state index in [9.17, 15) is 18.8 Å². The van der Waals surface area contributed by atoms with Crippen molar-refractivity contribution in [1.82, 2.24) is 20.2 Å². The van der Waals surface area contributed by atoms with Gasteiger partial charge < -0.3 is 25.8 Å². The molecule has 0 spiro atoms. The Morgan fingerprint density at radius 1 is 1.08 bits per heavy atom. The molecule has 2 aromatic carbocycles. The van der Waals surface area contributed by atoms with Crippen molar-refractivity contribution in [2.75, 3.05) is 30.8 Å². The summed E-state index contributed by atoms with van der Waals surface area (Å²) in [6.45, 7) is 1.57. The Labute approximate surface area is 212 Å². The summed E-state index contributed by atoms with van der Waals surface area (Å²) in [6.07, 6.45) is 4.42. The number of H-pyrrole nitrogens is 1. The second-order valence-electron chi connectivity index (χ2n) is 8.56. The van der Waals surface area contributed by atoms with Crippen LogP contribution in [0.5, 0.6) is 0 Å². The molecule has 0 saturated carbocycles. The van der Waals surface area contributed by atoms with Gasteiger partial charge in [0.05, 0.1) is 16.9 Å². The number of hydrogen-bond donors (Lipinski definition) is 4. The summed E-state index contributed by atoms with van der Waals surface area (Å²) in [4.78, 5) is 46.8. The molecule has 1 aliphatic rings. The maximum absolute atomic E-state index is 13.2. The molecule has 1 saturated heterocycles. The number of imidazole rings is 1. The van der Waals surface area contributed by atoms with E-state index in [1.165, 1.54) is 12.4 Å². The van der Waals surface area contributed by atoms with Crippen molar-refractivity contribution in [3.8, 4) is 0 Å². The van der Waals surface area contributed by atoms with E-state index in [-0.39, 0.29) is 22.0 Å². The third-order valence-electron chi connectivity index (χ3n) is 6.09. The van der Waals surface area contributed by atoms with Crippen molar-refractivity contribution < 1.29 is 18.8 Å². The van der Waals surface area contributed by atoms with Crippen LogP contribution in [0.3, 0.4) is 0 Å². The zero-order chi connectivity index (χ0) is 25.7. The summed E-state index contributed by atoms with van der Waals surface area (Å²) in [6, 6.07) is 10.3. The number of nitrogens with zero attached hydrogens (tertiary/aromatic N) is 2. The van der Waals surface area contributed by atoms with Crippen LogP contribution in [0.4, 0.5) is 15.8 Å². The monoisotopic (exact) mass is 512 g/mol. The number of carbonyl (C=O) groups is 3. The Balaban J connectivity index is 1.32. The number of benzene rings is 2. The maximum atomic E-state index is 13.2. The third-order valence-corrected chi connectivity index (χ3v) is 6.41. The van der Waals surface area contributed by atoms with Crippen molar-refractivity contribution in [2.45, 2.75) is 25.3 Å². The van der Waals surface area contributed by atoms with Crippen molar-refractivity contribution in [3.63, 3.8) is 0 Å². The molecule has 9 nitrogen and oxygen atoms in total. The molecule has 1 aromatic heterocycles. The summed E-state index contributed by atoms with van der Waals surface area (Å²) in [5.41, 5.74) is 1.10. The number of halogens is 2. The largest absolute Gasteiger partial charge is 0.351 e. The lowest BCUT2D eigenvalue weighted by atomic mass is 10.1. The van der Waals surface area contributed by atoms with Crippen LogP contribution in [0.15, 0.2) is 48.8 Å². The number of anilines is 2. The van der Waals surface area contributed by atoms with Gasteiger partial charge in [0, 0.05) is 24.0 Å². The molecule has 2 heterocycles. The molecule has 1 atom stereocenters. The molecule has 36 heavy (non-hydrogen) atoms. The highest BCUT2D eigenvalue weighted by Gasteiger charge is 2.23. The van der Waals surface area contributed by atoms with Gasteiger partial charge in [0.25, 0.3) is 17.7 Å². The Morgan fingerprint density at radius 3 is 2.42 bits per heavy atom. The number of nitrogens with one attached hydrogen (secondary N) is 4. The molecule has 3 aromatic rings. The van der Waals surface area contributed by atoms with Crippen LogP contribution in [0.1, 0.15) is 50.6 Å². The minimum Gasteiger partial charge on any atom is -0.351 e. The first kappa shape index (κ1) is 25.3. The fraction of sp³-hybridized carbons (Fsp3) is 0.280. The average molecular weight is 513 g/mol. The van der Waals surface area contributed by atoms with E-state index in [0.717, 1.165) is 37.9 Å². The lowest BCUT2D eigenvalue weighted by molar-refractivity contribution is 0.0932. The van der Waals surface area contributed by atoms with E-state index in [1.807, 2.05) is 0 Å². The predicted octanol–water partition coefficient (Wildman–Crippen LogP) is 3.92. The van der Waals surface area contributed by atoms with E-state index >= 15 is 0 Å². The van der Waals surface area contributed by atoms with Crippen LogP contribution >= 0.6 is 11.6 Å². The minimum absolute atomic E-state index is 0.00102. The van der Waals surface area contributed by atoms with Gasteiger partial charge in [-0.15, -0.1) is 0 Å². The lowest BCUT2D eigenvalue weighted by Crippen LogP contribution is -2.32. The van der Waals surface area contributed by atoms with E-state index in [2.05, 4.69) is 37.9 Å². The highest BCUT2D eigenvalue weighted by molar-refractivity contribution is 6.34. The van der Waals surface area contributed by atoms with Gasteiger partial charge in [0.2, 0.25) is 0 Å². The summed E-state index contributed by atoms with van der Waals surface area (Å²) in [7, 11) is 2.08. The third kappa shape index (κ3) is 6.07.